The van der Waals surface area contributed by atoms with Gasteiger partial charge in [0.1, 0.15) is 11.4 Å². The van der Waals surface area contributed by atoms with Crippen LogP contribution in [0.1, 0.15) is 33.1 Å². The van der Waals surface area contributed by atoms with Gasteiger partial charge in [-0.15, -0.1) is 0 Å². The average molecular weight is 513 g/mol. The molecule has 10 heteroatoms. The molecule has 1 unspecified atom stereocenters. The number of amidine groups is 1. The average Bonchev–Trinajstić information content (AvgIpc) is 3.29. The van der Waals surface area contributed by atoms with Gasteiger partial charge in [0.25, 0.3) is 11.5 Å². The van der Waals surface area contributed by atoms with Crippen LogP contribution >= 0.6 is 11.8 Å². The third-order valence-corrected chi connectivity index (χ3v) is 8.35. The van der Waals surface area contributed by atoms with Gasteiger partial charge in [0.05, 0.1) is 17.7 Å². The minimum absolute atomic E-state index is 0.0256. The lowest BCUT2D eigenvalue weighted by molar-refractivity contribution is -0.112. The van der Waals surface area contributed by atoms with E-state index >= 15 is 0 Å². The Hall–Kier alpha value is -2.56. The predicted octanol–water partition coefficient (Wildman–Crippen LogP) is 2.13. The second kappa shape index (κ2) is 10.8. The Bertz CT molecular complexity index is 1140. The van der Waals surface area contributed by atoms with Crippen molar-refractivity contribution in [2.24, 2.45) is 12.0 Å². The van der Waals surface area contributed by atoms with Gasteiger partial charge in [0, 0.05) is 56.8 Å². The van der Waals surface area contributed by atoms with E-state index in [1.165, 1.54) is 17.4 Å². The zero-order valence-corrected chi connectivity index (χ0v) is 22.1. The van der Waals surface area contributed by atoms with Crippen LogP contribution in [0.4, 0.5) is 5.69 Å². The normalized spacial score (nSPS) is 23.4. The van der Waals surface area contributed by atoms with Gasteiger partial charge in [-0.3, -0.25) is 19.5 Å². The lowest BCUT2D eigenvalue weighted by Gasteiger charge is -2.41. The zero-order chi connectivity index (χ0) is 25.2. The number of amides is 1. The Labute approximate surface area is 216 Å². The minimum Gasteiger partial charge on any atom is -0.494 e. The summed E-state index contributed by atoms with van der Waals surface area (Å²) in [4.78, 5) is 36.8. The van der Waals surface area contributed by atoms with E-state index in [0.717, 1.165) is 49.3 Å². The Morgan fingerprint density at radius 2 is 1.97 bits per heavy atom. The molecule has 2 N–H and O–H groups in total. The van der Waals surface area contributed by atoms with Crippen LogP contribution in [0.3, 0.4) is 0 Å². The topological polar surface area (TPSA) is 91.2 Å². The number of pyridine rings is 1. The summed E-state index contributed by atoms with van der Waals surface area (Å²) < 4.78 is 7.52. The molecule has 36 heavy (non-hydrogen) atoms. The second-order valence-electron chi connectivity index (χ2n) is 10.1. The number of rotatable bonds is 5. The number of carbonyl (C=O) groups excluding carboxylic acids is 1. The quantitative estimate of drug-likeness (QED) is 0.625. The van der Waals surface area contributed by atoms with Gasteiger partial charge in [-0.05, 0) is 58.0 Å². The summed E-state index contributed by atoms with van der Waals surface area (Å²) in [6.07, 6.45) is 6.51. The van der Waals surface area contributed by atoms with Crippen LogP contribution in [0, 0.1) is 0 Å². The van der Waals surface area contributed by atoms with E-state index in [4.69, 9.17) is 9.73 Å². The molecule has 2 saturated heterocycles. The van der Waals surface area contributed by atoms with Gasteiger partial charge in [0.2, 0.25) is 0 Å². The van der Waals surface area contributed by atoms with Gasteiger partial charge in [0.15, 0.2) is 5.17 Å². The fourth-order valence-electron chi connectivity index (χ4n) is 5.24. The molecule has 0 saturated carbocycles. The van der Waals surface area contributed by atoms with E-state index < -0.39 is 0 Å². The molecule has 2 fully saturated rings. The summed E-state index contributed by atoms with van der Waals surface area (Å²) in [6.45, 7) is 10.2. The molecule has 0 bridgehead atoms. The number of nitrogens with one attached hydrogen (secondary N) is 2. The molecule has 1 atom stereocenters. The second-order valence-corrected chi connectivity index (χ2v) is 11.1. The van der Waals surface area contributed by atoms with Crippen molar-refractivity contribution in [2.75, 3.05) is 44.6 Å². The molecule has 0 spiro atoms. The Morgan fingerprint density at radius 3 is 2.69 bits per heavy atom. The molecule has 5 rings (SSSR count). The molecular formula is C26H36N6O3S. The number of aromatic nitrogens is 1. The zero-order valence-electron chi connectivity index (χ0n) is 21.3. The van der Waals surface area contributed by atoms with E-state index in [0.29, 0.717) is 23.8 Å². The molecule has 9 nitrogen and oxygen atoms in total. The van der Waals surface area contributed by atoms with Crippen LogP contribution < -0.4 is 16.2 Å². The van der Waals surface area contributed by atoms with Gasteiger partial charge in [-0.1, -0.05) is 11.8 Å². The maximum Gasteiger partial charge on any atom is 0.274 e. The highest BCUT2D eigenvalue weighted by Crippen LogP contribution is 2.41. The van der Waals surface area contributed by atoms with Crippen molar-refractivity contribution in [3.05, 3.63) is 51.0 Å². The molecule has 0 aromatic carbocycles. The number of anilines is 1. The summed E-state index contributed by atoms with van der Waals surface area (Å²) in [5, 5.41) is 7.29. The molecule has 1 aromatic heterocycles. The Kier molecular flexibility index (Phi) is 7.55. The summed E-state index contributed by atoms with van der Waals surface area (Å²) >= 11 is 1.66. The van der Waals surface area contributed by atoms with Crippen molar-refractivity contribution in [2.45, 2.75) is 51.3 Å². The molecule has 0 radical (unpaired) electrons. The Morgan fingerprint density at radius 1 is 1.22 bits per heavy atom. The van der Waals surface area contributed by atoms with Crippen LogP contribution in [0.25, 0.3) is 0 Å². The van der Waals surface area contributed by atoms with Gasteiger partial charge < -0.3 is 24.8 Å². The van der Waals surface area contributed by atoms with E-state index in [-0.39, 0.29) is 29.3 Å². The minimum atomic E-state index is -0.329. The number of piperidine rings is 1. The van der Waals surface area contributed by atoms with Gasteiger partial charge >= 0.3 is 0 Å². The molecule has 1 aromatic rings. The van der Waals surface area contributed by atoms with Crippen molar-refractivity contribution < 1.29 is 9.53 Å². The highest BCUT2D eigenvalue weighted by molar-refractivity contribution is 8.17. The van der Waals surface area contributed by atoms with E-state index in [1.807, 2.05) is 19.9 Å². The third-order valence-electron chi connectivity index (χ3n) is 7.17. The standard InChI is InChI=1S/C26H36N6O3S/c1-17(2)35-22-16-21-23(15-19(22)24(33)28-20-5-4-10-30(3)25(20)34)36-26(29-21)32-13-11-31(12-14-32)18-6-8-27-9-7-18/h4-5,10,15,17-18,21,27H,6-9,11-14,16H2,1-3H3,(H,28,33). The summed E-state index contributed by atoms with van der Waals surface area (Å²) in [5.74, 6) is 0.301. The lowest BCUT2D eigenvalue weighted by atomic mass is 10.00. The van der Waals surface area contributed by atoms with Crippen molar-refractivity contribution in [1.29, 1.82) is 0 Å². The SMILES string of the molecule is CC(C)OC1=C(C(=O)Nc2cccn(C)c2=O)C=C2SC(N3CCN(C4CCNCC4)CC3)=NC2C1. The molecule has 4 heterocycles. The lowest BCUT2D eigenvalue weighted by Crippen LogP contribution is -2.53. The summed E-state index contributed by atoms with van der Waals surface area (Å²) in [7, 11) is 1.66. The number of ether oxygens (including phenoxy) is 1. The van der Waals surface area contributed by atoms with E-state index in [9.17, 15) is 9.59 Å². The van der Waals surface area contributed by atoms with Crippen LogP contribution in [-0.2, 0) is 16.6 Å². The number of aryl methyl sites for hydroxylation is 1. The molecule has 4 aliphatic rings. The predicted molar refractivity (Wildman–Crippen MR) is 144 cm³/mol. The van der Waals surface area contributed by atoms with E-state index in [1.54, 1.807) is 37.1 Å². The highest BCUT2D eigenvalue weighted by Gasteiger charge is 2.36. The number of hydrogen-bond acceptors (Lipinski definition) is 8. The first-order chi connectivity index (χ1) is 17.4. The largest absolute Gasteiger partial charge is 0.494 e. The number of aliphatic imine (C=N–C) groups is 1. The number of fused-ring (bicyclic) bond motifs is 1. The molecule has 3 aliphatic heterocycles. The monoisotopic (exact) mass is 512 g/mol. The third kappa shape index (κ3) is 5.40. The molecule has 1 aliphatic carbocycles. The first-order valence-corrected chi connectivity index (χ1v) is 13.7. The van der Waals surface area contributed by atoms with Gasteiger partial charge in [-0.2, -0.15) is 0 Å². The van der Waals surface area contributed by atoms with Crippen LogP contribution in [0.2, 0.25) is 0 Å². The summed E-state index contributed by atoms with van der Waals surface area (Å²) in [6, 6.07) is 4.03. The fourth-order valence-corrected chi connectivity index (χ4v) is 6.40. The first-order valence-electron chi connectivity index (χ1n) is 12.9. The van der Waals surface area contributed by atoms with Crippen molar-refractivity contribution >= 4 is 28.5 Å². The Balaban J connectivity index is 1.28. The van der Waals surface area contributed by atoms with Crippen molar-refractivity contribution in [3.8, 4) is 0 Å². The highest BCUT2D eigenvalue weighted by atomic mass is 32.2. The number of nitrogens with zero attached hydrogens (tertiary/aromatic N) is 4. The molecular weight excluding hydrogens is 476 g/mol. The molecule has 1 amide bonds. The fraction of sp³-hybridized carbons (Fsp3) is 0.577. The van der Waals surface area contributed by atoms with Crippen LogP contribution in [0.5, 0.6) is 0 Å². The molecule has 194 valence electrons. The summed E-state index contributed by atoms with van der Waals surface area (Å²) in [5.41, 5.74) is 0.480. The van der Waals surface area contributed by atoms with Gasteiger partial charge in [-0.25, -0.2) is 0 Å². The van der Waals surface area contributed by atoms with Crippen molar-refractivity contribution in [3.63, 3.8) is 0 Å². The van der Waals surface area contributed by atoms with E-state index in [2.05, 4.69) is 20.4 Å². The number of carbonyl (C=O) groups is 1. The number of hydrogen-bond donors (Lipinski definition) is 2. The van der Waals surface area contributed by atoms with Crippen molar-refractivity contribution in [1.82, 2.24) is 19.7 Å². The number of thioether (sulfide) groups is 1. The smallest absolute Gasteiger partial charge is 0.274 e. The van der Waals surface area contributed by atoms with Crippen LogP contribution in [0.15, 0.2) is 50.4 Å². The van der Waals surface area contributed by atoms with Crippen LogP contribution in [-0.4, -0.2) is 82.9 Å². The first kappa shape index (κ1) is 25.1. The maximum atomic E-state index is 13.3. The maximum absolute atomic E-state index is 13.3. The number of piperazine rings is 1.